The smallest absolute Gasteiger partial charge is 0.334 e. The van der Waals surface area contributed by atoms with Crippen molar-refractivity contribution in [3.63, 3.8) is 0 Å². The van der Waals surface area contributed by atoms with E-state index in [0.29, 0.717) is 0 Å². The van der Waals surface area contributed by atoms with E-state index in [9.17, 15) is 13.2 Å². The zero-order valence-corrected chi connectivity index (χ0v) is 7.92. The summed E-state index contributed by atoms with van der Waals surface area (Å²) < 4.78 is 20.3. The normalized spacial score (nSPS) is 15.7. The summed E-state index contributed by atoms with van der Waals surface area (Å²) in [4.78, 5) is 10.3. The van der Waals surface area contributed by atoms with E-state index in [1.807, 2.05) is 0 Å². The fraction of sp³-hybridized carbons (Fsp3) is 0.833. The SMILES string of the molecule is CC(C)(C(O)C(=O)O)S(C)(=O)=O. The van der Waals surface area contributed by atoms with E-state index in [4.69, 9.17) is 10.2 Å². The summed E-state index contributed by atoms with van der Waals surface area (Å²) in [5.74, 6) is -1.54. The molecule has 0 amide bonds. The van der Waals surface area contributed by atoms with E-state index in [0.717, 1.165) is 6.26 Å². The van der Waals surface area contributed by atoms with Crippen molar-refractivity contribution in [1.29, 1.82) is 0 Å². The number of hydrogen-bond donors (Lipinski definition) is 2. The average Bonchev–Trinajstić information content (AvgIpc) is 1.83. The van der Waals surface area contributed by atoms with Crippen LogP contribution in [0.2, 0.25) is 0 Å². The fourth-order valence-corrected chi connectivity index (χ4v) is 1.01. The maximum Gasteiger partial charge on any atom is 0.334 e. The van der Waals surface area contributed by atoms with Gasteiger partial charge in [0.1, 0.15) is 4.75 Å². The number of hydrogen-bond acceptors (Lipinski definition) is 4. The van der Waals surface area contributed by atoms with Gasteiger partial charge in [0, 0.05) is 6.26 Å². The topological polar surface area (TPSA) is 91.7 Å². The average molecular weight is 196 g/mol. The van der Waals surface area contributed by atoms with E-state index in [-0.39, 0.29) is 0 Å². The molecule has 0 bridgehead atoms. The maximum atomic E-state index is 11.0. The van der Waals surface area contributed by atoms with Crippen LogP contribution in [0.4, 0.5) is 0 Å². The highest BCUT2D eigenvalue weighted by Crippen LogP contribution is 2.19. The predicted molar refractivity (Wildman–Crippen MR) is 42.6 cm³/mol. The second-order valence-electron chi connectivity index (χ2n) is 3.12. The number of rotatable bonds is 3. The van der Waals surface area contributed by atoms with Gasteiger partial charge in [-0.2, -0.15) is 0 Å². The summed E-state index contributed by atoms with van der Waals surface area (Å²) in [6.45, 7) is 2.34. The Morgan fingerprint density at radius 3 is 1.83 bits per heavy atom. The summed E-state index contributed by atoms with van der Waals surface area (Å²) in [5.41, 5.74) is 0. The molecule has 0 saturated carbocycles. The number of carbonyl (C=O) groups is 1. The minimum atomic E-state index is -3.58. The van der Waals surface area contributed by atoms with Crippen LogP contribution in [0.3, 0.4) is 0 Å². The largest absolute Gasteiger partial charge is 0.479 e. The molecule has 0 aromatic heterocycles. The minimum Gasteiger partial charge on any atom is -0.479 e. The molecule has 2 N–H and O–H groups in total. The molecule has 0 rings (SSSR count). The van der Waals surface area contributed by atoms with Crippen molar-refractivity contribution in [2.75, 3.05) is 6.26 Å². The highest BCUT2D eigenvalue weighted by Gasteiger charge is 2.42. The van der Waals surface area contributed by atoms with Crippen LogP contribution >= 0.6 is 0 Å². The van der Waals surface area contributed by atoms with Gasteiger partial charge in [0.05, 0.1) is 0 Å². The Morgan fingerprint density at radius 1 is 1.42 bits per heavy atom. The molecule has 0 aliphatic carbocycles. The second kappa shape index (κ2) is 3.02. The number of sulfone groups is 1. The van der Waals surface area contributed by atoms with E-state index >= 15 is 0 Å². The molecule has 0 aromatic carbocycles. The van der Waals surface area contributed by atoms with Crippen LogP contribution in [0.25, 0.3) is 0 Å². The van der Waals surface area contributed by atoms with Crippen molar-refractivity contribution in [3.8, 4) is 0 Å². The van der Waals surface area contributed by atoms with Crippen LogP contribution in [0, 0.1) is 0 Å². The third-order valence-electron chi connectivity index (χ3n) is 1.85. The van der Waals surface area contributed by atoms with E-state index in [1.54, 1.807) is 0 Å². The van der Waals surface area contributed by atoms with Gasteiger partial charge in [-0.3, -0.25) is 0 Å². The Kier molecular flexibility index (Phi) is 2.87. The van der Waals surface area contributed by atoms with Crippen molar-refractivity contribution in [2.24, 2.45) is 0 Å². The number of carboxylic acid groups (broad SMARTS) is 1. The first-order valence-electron chi connectivity index (χ1n) is 3.21. The van der Waals surface area contributed by atoms with Gasteiger partial charge >= 0.3 is 5.97 Å². The molecule has 0 radical (unpaired) electrons. The van der Waals surface area contributed by atoms with Crippen molar-refractivity contribution in [2.45, 2.75) is 24.7 Å². The zero-order valence-electron chi connectivity index (χ0n) is 7.10. The molecule has 0 aliphatic heterocycles. The van der Waals surface area contributed by atoms with E-state index in [2.05, 4.69) is 0 Å². The maximum absolute atomic E-state index is 11.0. The van der Waals surface area contributed by atoms with Crippen LogP contribution < -0.4 is 0 Å². The molecule has 6 heteroatoms. The third-order valence-corrected chi connectivity index (χ3v) is 3.98. The first-order chi connectivity index (χ1) is 5.10. The lowest BCUT2D eigenvalue weighted by Gasteiger charge is -2.25. The number of aliphatic hydroxyl groups excluding tert-OH is 1. The van der Waals surface area contributed by atoms with Gasteiger partial charge in [-0.25, -0.2) is 13.2 Å². The monoisotopic (exact) mass is 196 g/mol. The highest BCUT2D eigenvalue weighted by atomic mass is 32.2. The second-order valence-corrected chi connectivity index (χ2v) is 5.71. The van der Waals surface area contributed by atoms with Gasteiger partial charge in [0.25, 0.3) is 0 Å². The molecule has 12 heavy (non-hydrogen) atoms. The molecule has 72 valence electrons. The molecule has 1 unspecified atom stereocenters. The van der Waals surface area contributed by atoms with Crippen molar-refractivity contribution < 1.29 is 23.4 Å². The summed E-state index contributed by atoms with van der Waals surface area (Å²) in [6, 6.07) is 0. The molecular formula is C6H12O5S. The molecular weight excluding hydrogens is 184 g/mol. The lowest BCUT2D eigenvalue weighted by molar-refractivity contribution is -0.148. The molecule has 5 nitrogen and oxygen atoms in total. The van der Waals surface area contributed by atoms with Gasteiger partial charge in [0.15, 0.2) is 15.9 Å². The van der Waals surface area contributed by atoms with Gasteiger partial charge in [0.2, 0.25) is 0 Å². The number of aliphatic carboxylic acids is 1. The molecule has 0 aromatic rings. The summed E-state index contributed by atoms with van der Waals surface area (Å²) in [6.07, 6.45) is -1.01. The first kappa shape index (κ1) is 11.4. The summed E-state index contributed by atoms with van der Waals surface area (Å²) in [7, 11) is -3.58. The Hall–Kier alpha value is -0.620. The third kappa shape index (κ3) is 1.95. The Morgan fingerprint density at radius 2 is 1.75 bits per heavy atom. The molecule has 0 heterocycles. The first-order valence-corrected chi connectivity index (χ1v) is 5.10. The van der Waals surface area contributed by atoms with E-state index < -0.39 is 26.7 Å². The predicted octanol–water partition coefficient (Wildman–Crippen LogP) is -0.745. The number of aliphatic hydroxyl groups is 1. The molecule has 0 aliphatic rings. The van der Waals surface area contributed by atoms with Gasteiger partial charge in [-0.15, -0.1) is 0 Å². The molecule has 1 atom stereocenters. The zero-order chi connectivity index (χ0) is 10.2. The van der Waals surface area contributed by atoms with Crippen LogP contribution in [0.15, 0.2) is 0 Å². The highest BCUT2D eigenvalue weighted by molar-refractivity contribution is 7.92. The van der Waals surface area contributed by atoms with Crippen LogP contribution in [0.1, 0.15) is 13.8 Å². The van der Waals surface area contributed by atoms with Crippen molar-refractivity contribution in [1.82, 2.24) is 0 Å². The fourth-order valence-electron chi connectivity index (χ4n) is 0.500. The van der Waals surface area contributed by atoms with Gasteiger partial charge in [-0.05, 0) is 13.8 Å². The van der Waals surface area contributed by atoms with Crippen LogP contribution in [0.5, 0.6) is 0 Å². The lowest BCUT2D eigenvalue weighted by Crippen LogP contribution is -2.47. The quantitative estimate of drug-likeness (QED) is 0.620. The Labute approximate surface area is 70.9 Å². The standard InChI is InChI=1S/C6H12O5S/c1-6(2,12(3,10)11)4(7)5(8)9/h4,7H,1-3H3,(H,8,9). The number of carboxylic acids is 1. The van der Waals surface area contributed by atoms with Crippen LogP contribution in [-0.4, -0.2) is 41.7 Å². The molecule has 0 spiro atoms. The lowest BCUT2D eigenvalue weighted by atomic mass is 10.1. The molecule has 0 saturated heterocycles. The Bertz CT molecular complexity index is 276. The van der Waals surface area contributed by atoms with Gasteiger partial charge in [-0.1, -0.05) is 0 Å². The van der Waals surface area contributed by atoms with Crippen LogP contribution in [-0.2, 0) is 14.6 Å². The minimum absolute atomic E-state index is 0.888. The summed E-state index contributed by atoms with van der Waals surface area (Å²) in [5, 5.41) is 17.4. The summed E-state index contributed by atoms with van der Waals surface area (Å²) >= 11 is 0. The van der Waals surface area contributed by atoms with Gasteiger partial charge < -0.3 is 10.2 Å². The Balaban J connectivity index is 5.00. The molecule has 0 fully saturated rings. The van der Waals surface area contributed by atoms with Crippen molar-refractivity contribution >= 4 is 15.8 Å². The van der Waals surface area contributed by atoms with E-state index in [1.165, 1.54) is 13.8 Å². The van der Waals surface area contributed by atoms with Crippen molar-refractivity contribution in [3.05, 3.63) is 0 Å².